The topological polar surface area (TPSA) is 41.5 Å². The molecule has 0 saturated carbocycles. The van der Waals surface area contributed by atoms with Crippen molar-refractivity contribution in [2.45, 2.75) is 18.8 Å². The van der Waals surface area contributed by atoms with Gasteiger partial charge in [0.15, 0.2) is 0 Å². The Labute approximate surface area is 96.4 Å². The molecular formula is C13H19NO2. The normalized spacial score (nSPS) is 17.3. The lowest BCUT2D eigenvalue weighted by atomic mass is 9.89. The largest absolute Gasteiger partial charge is 0.491 e. The molecule has 0 atom stereocenters. The van der Waals surface area contributed by atoms with Crippen LogP contribution >= 0.6 is 0 Å². The minimum Gasteiger partial charge on any atom is -0.491 e. The van der Waals surface area contributed by atoms with Crippen LogP contribution in [0.3, 0.4) is 0 Å². The summed E-state index contributed by atoms with van der Waals surface area (Å²) in [5.41, 5.74) is 1.29. The monoisotopic (exact) mass is 221 g/mol. The van der Waals surface area contributed by atoms with Crippen LogP contribution in [0.15, 0.2) is 24.3 Å². The Kier molecular flexibility index (Phi) is 4.19. The smallest absolute Gasteiger partial charge is 0.122 e. The fourth-order valence-electron chi connectivity index (χ4n) is 2.24. The molecular weight excluding hydrogens is 202 g/mol. The predicted molar refractivity (Wildman–Crippen MR) is 63.9 cm³/mol. The van der Waals surface area contributed by atoms with Crippen molar-refractivity contribution in [1.29, 1.82) is 0 Å². The molecule has 1 fully saturated rings. The van der Waals surface area contributed by atoms with E-state index in [1.54, 1.807) is 0 Å². The highest BCUT2D eigenvalue weighted by Gasteiger charge is 2.18. The van der Waals surface area contributed by atoms with Gasteiger partial charge in [0.05, 0.1) is 6.61 Å². The van der Waals surface area contributed by atoms with Crippen LogP contribution in [0, 0.1) is 0 Å². The molecule has 16 heavy (non-hydrogen) atoms. The number of para-hydroxylation sites is 1. The highest BCUT2D eigenvalue weighted by molar-refractivity contribution is 5.36. The third-order valence-corrected chi connectivity index (χ3v) is 3.05. The van der Waals surface area contributed by atoms with Crippen molar-refractivity contribution in [2.75, 3.05) is 26.3 Å². The van der Waals surface area contributed by atoms with Gasteiger partial charge >= 0.3 is 0 Å². The Balaban J connectivity index is 2.11. The summed E-state index contributed by atoms with van der Waals surface area (Å²) in [4.78, 5) is 0. The Morgan fingerprint density at radius 1 is 1.25 bits per heavy atom. The van der Waals surface area contributed by atoms with Crippen LogP contribution in [0.5, 0.6) is 5.75 Å². The molecule has 3 nitrogen and oxygen atoms in total. The number of aliphatic hydroxyl groups excluding tert-OH is 1. The van der Waals surface area contributed by atoms with Crippen LogP contribution in [0.4, 0.5) is 0 Å². The number of ether oxygens (including phenoxy) is 1. The summed E-state index contributed by atoms with van der Waals surface area (Å²) in [6.45, 7) is 2.61. The van der Waals surface area contributed by atoms with E-state index in [9.17, 15) is 0 Å². The third-order valence-electron chi connectivity index (χ3n) is 3.05. The molecule has 1 heterocycles. The van der Waals surface area contributed by atoms with Gasteiger partial charge in [-0.3, -0.25) is 0 Å². The first kappa shape index (κ1) is 11.4. The summed E-state index contributed by atoms with van der Waals surface area (Å²) < 4.78 is 5.57. The highest BCUT2D eigenvalue weighted by Crippen LogP contribution is 2.32. The van der Waals surface area contributed by atoms with E-state index in [4.69, 9.17) is 9.84 Å². The zero-order valence-electron chi connectivity index (χ0n) is 9.48. The van der Waals surface area contributed by atoms with E-state index in [1.165, 1.54) is 18.4 Å². The summed E-state index contributed by atoms with van der Waals surface area (Å²) in [6, 6.07) is 8.18. The first-order valence-electron chi connectivity index (χ1n) is 5.95. The Hall–Kier alpha value is -1.06. The fourth-order valence-corrected chi connectivity index (χ4v) is 2.24. The zero-order chi connectivity index (χ0) is 11.2. The molecule has 0 radical (unpaired) electrons. The molecule has 0 aliphatic carbocycles. The fraction of sp³-hybridized carbons (Fsp3) is 0.538. The van der Waals surface area contributed by atoms with Crippen molar-refractivity contribution >= 4 is 0 Å². The maximum Gasteiger partial charge on any atom is 0.122 e. The minimum atomic E-state index is 0.0700. The van der Waals surface area contributed by atoms with E-state index >= 15 is 0 Å². The number of benzene rings is 1. The van der Waals surface area contributed by atoms with Gasteiger partial charge in [0.25, 0.3) is 0 Å². The minimum absolute atomic E-state index is 0.0700. The van der Waals surface area contributed by atoms with E-state index in [1.807, 2.05) is 12.1 Å². The van der Waals surface area contributed by atoms with E-state index < -0.39 is 0 Å². The van der Waals surface area contributed by atoms with Gasteiger partial charge in [-0.25, -0.2) is 0 Å². The average Bonchev–Trinajstić information content (AvgIpc) is 2.38. The van der Waals surface area contributed by atoms with Gasteiger partial charge in [-0.05, 0) is 43.5 Å². The molecule has 0 amide bonds. The lowest BCUT2D eigenvalue weighted by Crippen LogP contribution is -2.26. The number of aliphatic hydroxyl groups is 1. The summed E-state index contributed by atoms with van der Waals surface area (Å²) in [6.07, 6.45) is 2.33. The Morgan fingerprint density at radius 3 is 2.75 bits per heavy atom. The second-order valence-electron chi connectivity index (χ2n) is 4.13. The molecule has 1 aromatic carbocycles. The quantitative estimate of drug-likeness (QED) is 0.810. The second-order valence-corrected chi connectivity index (χ2v) is 4.13. The maximum atomic E-state index is 8.79. The van der Waals surface area contributed by atoms with Gasteiger partial charge in [-0.1, -0.05) is 18.2 Å². The van der Waals surface area contributed by atoms with Gasteiger partial charge in [0, 0.05) is 0 Å². The lowest BCUT2D eigenvalue weighted by molar-refractivity contribution is 0.199. The van der Waals surface area contributed by atoms with E-state index in [2.05, 4.69) is 17.4 Å². The van der Waals surface area contributed by atoms with Gasteiger partial charge in [-0.15, -0.1) is 0 Å². The second kappa shape index (κ2) is 5.87. The van der Waals surface area contributed by atoms with E-state index in [0.29, 0.717) is 12.5 Å². The summed E-state index contributed by atoms with van der Waals surface area (Å²) in [5.74, 6) is 1.53. The molecule has 1 saturated heterocycles. The Morgan fingerprint density at radius 2 is 2.00 bits per heavy atom. The van der Waals surface area contributed by atoms with Crippen molar-refractivity contribution in [1.82, 2.24) is 5.32 Å². The van der Waals surface area contributed by atoms with Crippen LogP contribution in [0.1, 0.15) is 24.3 Å². The van der Waals surface area contributed by atoms with E-state index in [0.717, 1.165) is 18.8 Å². The van der Waals surface area contributed by atoms with Gasteiger partial charge in [-0.2, -0.15) is 0 Å². The van der Waals surface area contributed by atoms with Crippen LogP contribution < -0.4 is 10.1 Å². The van der Waals surface area contributed by atoms with Gasteiger partial charge in [0.1, 0.15) is 12.4 Å². The first-order valence-corrected chi connectivity index (χ1v) is 5.95. The maximum absolute atomic E-state index is 8.79. The number of nitrogens with one attached hydrogen (secondary N) is 1. The van der Waals surface area contributed by atoms with Crippen molar-refractivity contribution < 1.29 is 9.84 Å². The number of hydrogen-bond donors (Lipinski definition) is 2. The molecule has 0 aromatic heterocycles. The standard InChI is InChI=1S/C13H19NO2/c15-9-10-16-13-4-2-1-3-12(13)11-5-7-14-8-6-11/h1-4,11,14-15H,5-10H2. The molecule has 1 aromatic rings. The molecule has 1 aliphatic heterocycles. The molecule has 0 unspecified atom stereocenters. The van der Waals surface area contributed by atoms with Crippen molar-refractivity contribution in [2.24, 2.45) is 0 Å². The SMILES string of the molecule is OCCOc1ccccc1C1CCNCC1. The molecule has 3 heteroatoms. The molecule has 2 rings (SSSR count). The summed E-state index contributed by atoms with van der Waals surface area (Å²) in [7, 11) is 0. The number of piperidine rings is 1. The molecule has 1 aliphatic rings. The summed E-state index contributed by atoms with van der Waals surface area (Å²) >= 11 is 0. The predicted octanol–water partition coefficient (Wildman–Crippen LogP) is 1.52. The van der Waals surface area contributed by atoms with Crippen LogP contribution in [0.25, 0.3) is 0 Å². The van der Waals surface area contributed by atoms with Gasteiger partial charge < -0.3 is 15.2 Å². The lowest BCUT2D eigenvalue weighted by Gasteiger charge is -2.24. The first-order chi connectivity index (χ1) is 7.92. The van der Waals surface area contributed by atoms with Gasteiger partial charge in [0.2, 0.25) is 0 Å². The van der Waals surface area contributed by atoms with Crippen molar-refractivity contribution in [3.05, 3.63) is 29.8 Å². The molecule has 2 N–H and O–H groups in total. The van der Waals surface area contributed by atoms with Crippen molar-refractivity contribution in [3.63, 3.8) is 0 Å². The van der Waals surface area contributed by atoms with Crippen molar-refractivity contribution in [3.8, 4) is 5.75 Å². The average molecular weight is 221 g/mol. The number of rotatable bonds is 4. The molecule has 0 bridgehead atoms. The Bertz CT molecular complexity index is 321. The third kappa shape index (κ3) is 2.74. The molecule has 88 valence electrons. The van der Waals surface area contributed by atoms with Crippen LogP contribution in [-0.2, 0) is 0 Å². The number of hydrogen-bond acceptors (Lipinski definition) is 3. The van der Waals surface area contributed by atoms with Crippen LogP contribution in [-0.4, -0.2) is 31.4 Å². The molecule has 0 spiro atoms. The zero-order valence-corrected chi connectivity index (χ0v) is 9.48. The van der Waals surface area contributed by atoms with E-state index in [-0.39, 0.29) is 6.61 Å². The highest BCUT2D eigenvalue weighted by atomic mass is 16.5. The van der Waals surface area contributed by atoms with Crippen LogP contribution in [0.2, 0.25) is 0 Å². The summed E-state index contributed by atoms with van der Waals surface area (Å²) in [5, 5.41) is 12.2.